The van der Waals surface area contributed by atoms with Crippen molar-refractivity contribution in [2.24, 2.45) is 0 Å². The zero-order valence-electron chi connectivity index (χ0n) is 12.4. The van der Waals surface area contributed by atoms with Gasteiger partial charge in [-0.3, -0.25) is 0 Å². The molecular weight excluding hydrogens is 282 g/mol. The molecule has 1 heterocycles. The molecule has 0 radical (unpaired) electrons. The van der Waals surface area contributed by atoms with Crippen LogP contribution in [-0.2, 0) is 0 Å². The van der Waals surface area contributed by atoms with Crippen molar-refractivity contribution in [1.29, 1.82) is 0 Å². The Bertz CT molecular complexity index is 488. The number of hydrogen-bond acceptors (Lipinski definition) is 3. The number of rotatable bonds is 7. The standard InChI is InChI=1S/C17H23NS2/c1-4-18-16(12-20-17-6-5-11-19-17)15-9-7-14(8-10-15)13(2)3/h5-11,13,16,18H,4,12H2,1-3H3. The van der Waals surface area contributed by atoms with E-state index in [1.54, 1.807) is 0 Å². The molecule has 1 N–H and O–H groups in total. The minimum Gasteiger partial charge on any atom is -0.309 e. The number of thioether (sulfide) groups is 1. The first kappa shape index (κ1) is 15.6. The Labute approximate surface area is 130 Å². The molecule has 20 heavy (non-hydrogen) atoms. The zero-order chi connectivity index (χ0) is 14.4. The Morgan fingerprint density at radius 2 is 1.80 bits per heavy atom. The molecule has 1 unspecified atom stereocenters. The van der Waals surface area contributed by atoms with Crippen LogP contribution in [0.1, 0.15) is 43.9 Å². The van der Waals surface area contributed by atoms with Crippen molar-refractivity contribution >= 4 is 23.1 Å². The van der Waals surface area contributed by atoms with Crippen LogP contribution in [0.5, 0.6) is 0 Å². The molecule has 108 valence electrons. The summed E-state index contributed by atoms with van der Waals surface area (Å²) in [7, 11) is 0. The van der Waals surface area contributed by atoms with Crippen LogP contribution in [0, 0.1) is 0 Å². The van der Waals surface area contributed by atoms with Crippen LogP contribution in [0.15, 0.2) is 46.0 Å². The second-order valence-corrected chi connectivity index (χ2v) is 7.44. The zero-order valence-corrected chi connectivity index (χ0v) is 14.1. The van der Waals surface area contributed by atoms with Crippen molar-refractivity contribution in [3.63, 3.8) is 0 Å². The van der Waals surface area contributed by atoms with Crippen LogP contribution in [-0.4, -0.2) is 12.3 Å². The first-order valence-corrected chi connectivity index (χ1v) is 9.06. The minimum absolute atomic E-state index is 0.424. The predicted octanol–water partition coefficient (Wildman–Crippen LogP) is 5.31. The van der Waals surface area contributed by atoms with E-state index in [0.29, 0.717) is 12.0 Å². The summed E-state index contributed by atoms with van der Waals surface area (Å²) in [6.45, 7) is 7.65. The van der Waals surface area contributed by atoms with Gasteiger partial charge in [-0.15, -0.1) is 23.1 Å². The summed E-state index contributed by atoms with van der Waals surface area (Å²) in [6, 6.07) is 13.8. The van der Waals surface area contributed by atoms with Crippen LogP contribution in [0.4, 0.5) is 0 Å². The molecule has 0 fully saturated rings. The van der Waals surface area contributed by atoms with Crippen molar-refractivity contribution in [3.8, 4) is 0 Å². The molecule has 0 saturated carbocycles. The van der Waals surface area contributed by atoms with Gasteiger partial charge in [0.2, 0.25) is 0 Å². The summed E-state index contributed by atoms with van der Waals surface area (Å²) in [5.41, 5.74) is 2.80. The largest absolute Gasteiger partial charge is 0.309 e. The molecular formula is C17H23NS2. The summed E-state index contributed by atoms with van der Waals surface area (Å²) in [5.74, 6) is 1.68. The molecule has 2 rings (SSSR count). The van der Waals surface area contributed by atoms with E-state index in [0.717, 1.165) is 12.3 Å². The van der Waals surface area contributed by atoms with Gasteiger partial charge >= 0.3 is 0 Å². The molecule has 0 bridgehead atoms. The monoisotopic (exact) mass is 305 g/mol. The van der Waals surface area contributed by atoms with E-state index in [1.165, 1.54) is 15.3 Å². The van der Waals surface area contributed by atoms with Crippen molar-refractivity contribution in [1.82, 2.24) is 5.32 Å². The van der Waals surface area contributed by atoms with E-state index in [-0.39, 0.29) is 0 Å². The van der Waals surface area contributed by atoms with Gasteiger partial charge in [-0.2, -0.15) is 0 Å². The van der Waals surface area contributed by atoms with Crippen molar-refractivity contribution in [2.45, 2.75) is 36.9 Å². The third-order valence-electron chi connectivity index (χ3n) is 3.34. The predicted molar refractivity (Wildman–Crippen MR) is 92.0 cm³/mol. The van der Waals surface area contributed by atoms with Gasteiger partial charge in [-0.1, -0.05) is 51.1 Å². The van der Waals surface area contributed by atoms with Crippen LogP contribution >= 0.6 is 23.1 Å². The highest BCUT2D eigenvalue weighted by atomic mass is 32.2. The van der Waals surface area contributed by atoms with Gasteiger partial charge in [0.15, 0.2) is 0 Å². The van der Waals surface area contributed by atoms with Crippen LogP contribution in [0.25, 0.3) is 0 Å². The molecule has 0 aliphatic rings. The minimum atomic E-state index is 0.424. The van der Waals surface area contributed by atoms with Gasteiger partial charge in [-0.05, 0) is 35.0 Å². The SMILES string of the molecule is CCNC(CSc1cccs1)c1ccc(C(C)C)cc1. The van der Waals surface area contributed by atoms with E-state index in [9.17, 15) is 0 Å². The molecule has 3 heteroatoms. The van der Waals surface area contributed by atoms with Crippen molar-refractivity contribution in [2.75, 3.05) is 12.3 Å². The van der Waals surface area contributed by atoms with Gasteiger partial charge in [0.25, 0.3) is 0 Å². The lowest BCUT2D eigenvalue weighted by molar-refractivity contribution is 0.605. The third kappa shape index (κ3) is 4.37. The van der Waals surface area contributed by atoms with Gasteiger partial charge in [0.05, 0.1) is 4.21 Å². The van der Waals surface area contributed by atoms with Crippen molar-refractivity contribution in [3.05, 3.63) is 52.9 Å². The maximum Gasteiger partial charge on any atom is 0.0599 e. The van der Waals surface area contributed by atoms with Gasteiger partial charge in [-0.25, -0.2) is 0 Å². The maximum atomic E-state index is 3.59. The normalized spacial score (nSPS) is 12.8. The topological polar surface area (TPSA) is 12.0 Å². The summed E-state index contributed by atoms with van der Waals surface area (Å²) in [4.78, 5) is 0. The molecule has 0 saturated heterocycles. The molecule has 1 atom stereocenters. The fourth-order valence-corrected chi connectivity index (χ4v) is 4.05. The first-order valence-electron chi connectivity index (χ1n) is 7.20. The van der Waals surface area contributed by atoms with Gasteiger partial charge < -0.3 is 5.32 Å². The summed E-state index contributed by atoms with van der Waals surface area (Å²) < 4.78 is 1.40. The lowest BCUT2D eigenvalue weighted by atomic mass is 9.99. The summed E-state index contributed by atoms with van der Waals surface area (Å²) in [5, 5.41) is 5.73. The Balaban J connectivity index is 2.03. The highest BCUT2D eigenvalue weighted by Crippen LogP contribution is 2.28. The molecule has 2 aromatic rings. The van der Waals surface area contributed by atoms with Crippen LogP contribution in [0.2, 0.25) is 0 Å². The lowest BCUT2D eigenvalue weighted by Gasteiger charge is -2.18. The first-order chi connectivity index (χ1) is 9.70. The fraction of sp³-hybridized carbons (Fsp3) is 0.412. The maximum absolute atomic E-state index is 3.59. The summed E-state index contributed by atoms with van der Waals surface area (Å²) in [6.07, 6.45) is 0. The molecule has 1 aromatic heterocycles. The Hall–Kier alpha value is -0.770. The van der Waals surface area contributed by atoms with E-state index >= 15 is 0 Å². The third-order valence-corrected chi connectivity index (χ3v) is 5.57. The second-order valence-electron chi connectivity index (χ2n) is 5.17. The summed E-state index contributed by atoms with van der Waals surface area (Å²) >= 11 is 3.76. The van der Waals surface area contributed by atoms with Gasteiger partial charge in [0.1, 0.15) is 0 Å². The van der Waals surface area contributed by atoms with Gasteiger partial charge in [0, 0.05) is 11.8 Å². The smallest absolute Gasteiger partial charge is 0.0599 e. The number of nitrogens with one attached hydrogen (secondary N) is 1. The van der Waals surface area contributed by atoms with Crippen molar-refractivity contribution < 1.29 is 0 Å². The van der Waals surface area contributed by atoms with E-state index in [1.807, 2.05) is 23.1 Å². The molecule has 0 aliphatic carbocycles. The van der Waals surface area contributed by atoms with E-state index in [2.05, 4.69) is 67.9 Å². The number of hydrogen-bond donors (Lipinski definition) is 1. The highest BCUT2D eigenvalue weighted by Gasteiger charge is 2.11. The molecule has 0 amide bonds. The van der Waals surface area contributed by atoms with Crippen LogP contribution in [0.3, 0.4) is 0 Å². The Kier molecular flexibility index (Phi) is 6.14. The fourth-order valence-electron chi connectivity index (χ4n) is 2.14. The molecule has 0 spiro atoms. The average Bonchev–Trinajstić information content (AvgIpc) is 2.97. The number of thiophene rings is 1. The quantitative estimate of drug-likeness (QED) is 0.695. The van der Waals surface area contributed by atoms with Crippen LogP contribution < -0.4 is 5.32 Å². The average molecular weight is 306 g/mol. The van der Waals surface area contributed by atoms with E-state index in [4.69, 9.17) is 0 Å². The number of benzene rings is 1. The molecule has 0 aliphatic heterocycles. The Morgan fingerprint density at radius 1 is 1.10 bits per heavy atom. The molecule has 1 aromatic carbocycles. The lowest BCUT2D eigenvalue weighted by Crippen LogP contribution is -2.22. The Morgan fingerprint density at radius 3 is 2.35 bits per heavy atom. The van der Waals surface area contributed by atoms with E-state index < -0.39 is 0 Å². The highest BCUT2D eigenvalue weighted by molar-refractivity contribution is 8.01. The molecule has 1 nitrogen and oxygen atoms in total. The second kappa shape index (κ2) is 7.87.